The van der Waals surface area contributed by atoms with Gasteiger partial charge in [-0.15, -0.1) is 10.2 Å². The van der Waals surface area contributed by atoms with Gasteiger partial charge in [-0.05, 0) is 43.0 Å². The Bertz CT molecular complexity index is 1130. The van der Waals surface area contributed by atoms with Crippen LogP contribution in [0.4, 0.5) is 5.13 Å². The molecule has 0 radical (unpaired) electrons. The Morgan fingerprint density at radius 2 is 1.96 bits per heavy atom. The molecular weight excluding hydrogens is 370 g/mol. The fraction of sp³-hybridized carbons (Fsp3) is 0.238. The highest BCUT2D eigenvalue weighted by Crippen LogP contribution is 2.37. The first kappa shape index (κ1) is 17.1. The molecule has 1 N–H and O–H groups in total. The van der Waals surface area contributed by atoms with Gasteiger partial charge < -0.3 is 4.57 Å². The van der Waals surface area contributed by atoms with Crippen LogP contribution in [-0.4, -0.2) is 25.7 Å². The van der Waals surface area contributed by atoms with Crippen molar-refractivity contribution >= 4 is 33.4 Å². The van der Waals surface area contributed by atoms with Crippen LogP contribution in [0.15, 0.2) is 54.9 Å². The number of amides is 1. The highest BCUT2D eigenvalue weighted by molar-refractivity contribution is 7.15. The summed E-state index contributed by atoms with van der Waals surface area (Å²) in [5, 5.41) is 12.6. The number of carbonyl (C=O) groups excluding carboxylic acids is 1. The predicted octanol–water partition coefficient (Wildman–Crippen LogP) is 4.26. The van der Waals surface area contributed by atoms with Gasteiger partial charge in [-0.2, -0.15) is 0 Å². The zero-order chi connectivity index (χ0) is 18.9. The first-order valence-corrected chi connectivity index (χ1v) is 10.2. The number of carbonyl (C=O) groups is 1. The molecule has 0 atom stereocenters. The van der Waals surface area contributed by atoms with E-state index in [0.29, 0.717) is 16.7 Å². The molecule has 1 amide bonds. The first-order chi connectivity index (χ1) is 13.8. The zero-order valence-corrected chi connectivity index (χ0v) is 16.0. The fourth-order valence-electron chi connectivity index (χ4n) is 3.29. The smallest absolute Gasteiger partial charge is 0.257 e. The van der Waals surface area contributed by atoms with Gasteiger partial charge in [0.05, 0.1) is 17.4 Å². The maximum atomic E-state index is 12.6. The van der Waals surface area contributed by atoms with Gasteiger partial charge in [0.25, 0.3) is 5.91 Å². The maximum Gasteiger partial charge on any atom is 0.257 e. The Hall–Kier alpha value is -3.06. The summed E-state index contributed by atoms with van der Waals surface area (Å²) in [5.41, 5.74) is 3.77. The third kappa shape index (κ3) is 3.53. The van der Waals surface area contributed by atoms with Crippen molar-refractivity contribution in [2.75, 3.05) is 5.32 Å². The zero-order valence-electron chi connectivity index (χ0n) is 15.2. The minimum Gasteiger partial charge on any atom is -0.327 e. The van der Waals surface area contributed by atoms with E-state index in [1.165, 1.54) is 29.7 Å². The Kier molecular flexibility index (Phi) is 4.37. The summed E-state index contributed by atoms with van der Waals surface area (Å²) in [4.78, 5) is 17.0. The van der Waals surface area contributed by atoms with Crippen LogP contribution < -0.4 is 5.32 Å². The van der Waals surface area contributed by atoms with Crippen LogP contribution in [0.5, 0.6) is 0 Å². The van der Waals surface area contributed by atoms with Crippen molar-refractivity contribution in [2.45, 2.75) is 31.7 Å². The molecule has 0 bridgehead atoms. The minimum atomic E-state index is -0.186. The van der Waals surface area contributed by atoms with Crippen molar-refractivity contribution in [3.05, 3.63) is 71.0 Å². The third-order valence-corrected chi connectivity index (χ3v) is 5.83. The van der Waals surface area contributed by atoms with Crippen LogP contribution in [-0.2, 0) is 12.8 Å². The summed E-state index contributed by atoms with van der Waals surface area (Å²) in [7, 11) is 0. The molecule has 7 heteroatoms. The minimum absolute atomic E-state index is 0.186. The van der Waals surface area contributed by atoms with E-state index in [1.54, 1.807) is 0 Å². The van der Waals surface area contributed by atoms with Crippen LogP contribution in [0, 0.1) is 0 Å². The number of fused-ring (bicyclic) bond motifs is 1. The second-order valence-electron chi connectivity index (χ2n) is 7.03. The average molecular weight is 389 g/mol. The molecule has 2 aromatic carbocycles. The largest absolute Gasteiger partial charge is 0.327 e. The van der Waals surface area contributed by atoms with Gasteiger partial charge in [-0.3, -0.25) is 10.1 Å². The van der Waals surface area contributed by atoms with Crippen molar-refractivity contribution in [1.82, 2.24) is 19.7 Å². The number of anilines is 1. The lowest BCUT2D eigenvalue weighted by atomic mass is 10.1. The summed E-state index contributed by atoms with van der Waals surface area (Å²) in [6.07, 6.45) is 5.99. The number of nitrogens with one attached hydrogen (secondary N) is 1. The Morgan fingerprint density at radius 1 is 1.11 bits per heavy atom. The van der Waals surface area contributed by atoms with Gasteiger partial charge in [0.1, 0.15) is 5.01 Å². The van der Waals surface area contributed by atoms with E-state index in [2.05, 4.69) is 37.2 Å². The molecule has 1 saturated carbocycles. The quantitative estimate of drug-likeness (QED) is 0.535. The third-order valence-electron chi connectivity index (χ3n) is 4.93. The molecule has 0 unspecified atom stereocenters. The van der Waals surface area contributed by atoms with E-state index in [1.807, 2.05) is 42.7 Å². The highest BCUT2D eigenvalue weighted by Gasteiger charge is 2.25. The molecule has 0 spiro atoms. The summed E-state index contributed by atoms with van der Waals surface area (Å²) in [5.74, 6) is -0.186. The molecule has 0 saturated heterocycles. The average Bonchev–Trinajstić information content (AvgIpc) is 3.32. The molecule has 4 aromatic rings. The van der Waals surface area contributed by atoms with Gasteiger partial charge in [0.2, 0.25) is 5.13 Å². The van der Waals surface area contributed by atoms with Crippen molar-refractivity contribution in [3.63, 3.8) is 0 Å². The molecule has 6 nitrogen and oxygen atoms in total. The van der Waals surface area contributed by atoms with Crippen LogP contribution in [0.25, 0.3) is 11.0 Å². The van der Waals surface area contributed by atoms with Crippen molar-refractivity contribution < 1.29 is 4.79 Å². The van der Waals surface area contributed by atoms with Crippen molar-refractivity contribution in [2.24, 2.45) is 0 Å². The molecule has 2 heterocycles. The number of aromatic nitrogens is 4. The fourth-order valence-corrected chi connectivity index (χ4v) is 4.02. The van der Waals surface area contributed by atoms with Crippen LogP contribution in [0.2, 0.25) is 0 Å². The summed E-state index contributed by atoms with van der Waals surface area (Å²) < 4.78 is 2.20. The summed E-state index contributed by atoms with van der Waals surface area (Å²) >= 11 is 1.42. The molecule has 0 aliphatic heterocycles. The van der Waals surface area contributed by atoms with E-state index in [4.69, 9.17) is 0 Å². The second kappa shape index (κ2) is 7.16. The van der Waals surface area contributed by atoms with Crippen LogP contribution in [0.3, 0.4) is 0 Å². The van der Waals surface area contributed by atoms with Gasteiger partial charge in [-0.25, -0.2) is 4.98 Å². The maximum absolute atomic E-state index is 12.6. The molecular formula is C21H19N5OS. The molecule has 140 valence electrons. The lowest BCUT2D eigenvalue weighted by molar-refractivity contribution is 0.102. The Balaban J connectivity index is 1.25. The SMILES string of the molecule is O=C(Nc1nnc(CCc2ccccc2)s1)c1ccc2c(c1)ncn2C1CC1. The van der Waals surface area contributed by atoms with Crippen molar-refractivity contribution in [3.8, 4) is 0 Å². The molecule has 5 rings (SSSR count). The number of imidazole rings is 1. The van der Waals surface area contributed by atoms with E-state index in [-0.39, 0.29) is 5.91 Å². The monoisotopic (exact) mass is 389 g/mol. The highest BCUT2D eigenvalue weighted by atomic mass is 32.1. The number of rotatable bonds is 6. The van der Waals surface area contributed by atoms with E-state index < -0.39 is 0 Å². The molecule has 1 fully saturated rings. The van der Waals surface area contributed by atoms with E-state index in [0.717, 1.165) is 28.9 Å². The predicted molar refractivity (Wildman–Crippen MR) is 110 cm³/mol. The number of nitrogens with zero attached hydrogens (tertiary/aromatic N) is 4. The standard InChI is InChI=1S/C21H19N5OS/c27-20(15-7-10-18-17(12-15)22-13-26(18)16-8-9-16)23-21-25-24-19(28-21)11-6-14-4-2-1-3-5-14/h1-5,7,10,12-13,16H,6,8-9,11H2,(H,23,25,27). The molecule has 1 aliphatic rings. The van der Waals surface area contributed by atoms with Gasteiger partial charge >= 0.3 is 0 Å². The number of aryl methyl sites for hydroxylation is 2. The molecule has 2 aromatic heterocycles. The number of hydrogen-bond acceptors (Lipinski definition) is 5. The normalized spacial score (nSPS) is 13.7. The van der Waals surface area contributed by atoms with Gasteiger partial charge in [0.15, 0.2) is 0 Å². The topological polar surface area (TPSA) is 72.7 Å². The second-order valence-corrected chi connectivity index (χ2v) is 8.09. The number of hydrogen-bond donors (Lipinski definition) is 1. The van der Waals surface area contributed by atoms with Gasteiger partial charge in [-0.1, -0.05) is 41.7 Å². The van der Waals surface area contributed by atoms with Crippen LogP contribution >= 0.6 is 11.3 Å². The van der Waals surface area contributed by atoms with E-state index in [9.17, 15) is 4.79 Å². The first-order valence-electron chi connectivity index (χ1n) is 9.40. The summed E-state index contributed by atoms with van der Waals surface area (Å²) in [6, 6.07) is 16.5. The van der Waals surface area contributed by atoms with Gasteiger partial charge in [0, 0.05) is 18.0 Å². The van der Waals surface area contributed by atoms with Crippen LogP contribution in [0.1, 0.15) is 39.8 Å². The Labute approximate surface area is 166 Å². The molecule has 28 heavy (non-hydrogen) atoms. The molecule has 1 aliphatic carbocycles. The summed E-state index contributed by atoms with van der Waals surface area (Å²) in [6.45, 7) is 0. The van der Waals surface area contributed by atoms with Crippen molar-refractivity contribution in [1.29, 1.82) is 0 Å². The van der Waals surface area contributed by atoms with E-state index >= 15 is 0 Å². The lowest BCUT2D eigenvalue weighted by Crippen LogP contribution is -2.11. The Morgan fingerprint density at radius 3 is 2.79 bits per heavy atom. The number of benzene rings is 2. The lowest BCUT2D eigenvalue weighted by Gasteiger charge is -2.03.